The summed E-state index contributed by atoms with van der Waals surface area (Å²) in [5.74, 6) is 0. The Bertz CT molecular complexity index is 330. The molecule has 0 saturated carbocycles. The Morgan fingerprint density at radius 3 is 2.79 bits per heavy atom. The van der Waals surface area contributed by atoms with Crippen molar-refractivity contribution in [1.82, 2.24) is 0 Å². The van der Waals surface area contributed by atoms with Gasteiger partial charge >= 0.3 is 90.8 Å². The van der Waals surface area contributed by atoms with Gasteiger partial charge in [0.2, 0.25) is 0 Å². The van der Waals surface area contributed by atoms with E-state index >= 15 is 0 Å². The van der Waals surface area contributed by atoms with Crippen LogP contribution in [0.1, 0.15) is 19.4 Å². The van der Waals surface area contributed by atoms with Gasteiger partial charge in [0, 0.05) is 0 Å². The Hall–Kier alpha value is -0.811. The van der Waals surface area contributed by atoms with E-state index in [0.717, 1.165) is 10.0 Å². The monoisotopic (exact) mass is 255 g/mol. The zero-order chi connectivity index (χ0) is 10.4. The molecule has 74 valence electrons. The van der Waals surface area contributed by atoms with E-state index in [2.05, 4.69) is 4.97 Å². The summed E-state index contributed by atoms with van der Waals surface area (Å²) in [7, 11) is 0. The van der Waals surface area contributed by atoms with Crippen molar-refractivity contribution in [3.8, 4) is 4.97 Å². The fourth-order valence-electron chi connectivity index (χ4n) is 1.03. The molecule has 0 unspecified atom stereocenters. The molecular formula is C11H13NOSe. The molecule has 0 aromatic heterocycles. The van der Waals surface area contributed by atoms with Gasteiger partial charge in [0.15, 0.2) is 0 Å². The first-order valence-corrected chi connectivity index (χ1v) is 6.20. The van der Waals surface area contributed by atoms with Crippen molar-refractivity contribution >= 4 is 19.4 Å². The Morgan fingerprint density at radius 2 is 2.14 bits per heavy atom. The predicted octanol–water partition coefficient (Wildman–Crippen LogP) is 1.42. The van der Waals surface area contributed by atoms with Crippen molar-refractivity contribution in [2.75, 3.05) is 0 Å². The molecule has 0 atom stereocenters. The van der Waals surface area contributed by atoms with Crippen molar-refractivity contribution in [3.63, 3.8) is 0 Å². The van der Waals surface area contributed by atoms with E-state index in [9.17, 15) is 0 Å². The van der Waals surface area contributed by atoms with Gasteiger partial charge in [0.1, 0.15) is 0 Å². The van der Waals surface area contributed by atoms with Gasteiger partial charge in [-0.25, -0.2) is 0 Å². The van der Waals surface area contributed by atoms with Gasteiger partial charge in [0.25, 0.3) is 0 Å². The number of benzene rings is 1. The molecule has 1 aromatic rings. The summed E-state index contributed by atoms with van der Waals surface area (Å²) in [5, 5.41) is 8.66. The summed E-state index contributed by atoms with van der Waals surface area (Å²) in [6, 6.07) is 7.97. The number of nitrogens with zero attached hydrogens (tertiary/aromatic N) is 1. The fraction of sp³-hybridized carbons (Fsp3) is 0.364. The van der Waals surface area contributed by atoms with Gasteiger partial charge in [-0.15, -0.1) is 0 Å². The fourth-order valence-corrected chi connectivity index (χ4v) is 2.08. The number of ether oxygens (including phenoxy) is 1. The molecule has 0 saturated heterocycles. The first-order chi connectivity index (χ1) is 6.74. The zero-order valence-corrected chi connectivity index (χ0v) is 10.1. The molecule has 1 rings (SSSR count). The quantitative estimate of drug-likeness (QED) is 0.761. The van der Waals surface area contributed by atoms with Gasteiger partial charge in [-0.2, -0.15) is 0 Å². The molecule has 1 aromatic carbocycles. The molecule has 0 heterocycles. The Labute approximate surface area is 91.0 Å². The van der Waals surface area contributed by atoms with E-state index < -0.39 is 0 Å². The van der Waals surface area contributed by atoms with Crippen LogP contribution in [-0.2, 0) is 11.3 Å². The van der Waals surface area contributed by atoms with Gasteiger partial charge < -0.3 is 0 Å². The summed E-state index contributed by atoms with van der Waals surface area (Å²) < 4.78 is 6.64. The van der Waals surface area contributed by atoms with Crippen molar-refractivity contribution in [2.45, 2.75) is 26.6 Å². The minimum atomic E-state index is -0.0864. The van der Waals surface area contributed by atoms with Crippen molar-refractivity contribution < 1.29 is 4.74 Å². The minimum absolute atomic E-state index is 0.0864. The Balaban J connectivity index is 2.70. The van der Waals surface area contributed by atoms with E-state index in [-0.39, 0.29) is 21.1 Å². The maximum atomic E-state index is 8.66. The summed E-state index contributed by atoms with van der Waals surface area (Å²) in [4.78, 5) is 2.22. The molecule has 0 N–H and O–H groups in total. The summed E-state index contributed by atoms with van der Waals surface area (Å²) >= 11 is -0.0864. The second-order valence-corrected chi connectivity index (χ2v) is 4.89. The van der Waals surface area contributed by atoms with Crippen LogP contribution >= 0.6 is 0 Å². The maximum absolute atomic E-state index is 8.66. The van der Waals surface area contributed by atoms with Crippen molar-refractivity contribution in [1.29, 1.82) is 5.26 Å². The van der Waals surface area contributed by atoms with E-state index in [4.69, 9.17) is 10.00 Å². The van der Waals surface area contributed by atoms with Gasteiger partial charge in [-0.3, -0.25) is 0 Å². The summed E-state index contributed by atoms with van der Waals surface area (Å²) in [6.45, 7) is 4.63. The van der Waals surface area contributed by atoms with Gasteiger partial charge in [-0.05, 0) is 0 Å². The van der Waals surface area contributed by atoms with E-state index in [1.165, 1.54) is 0 Å². The average Bonchev–Trinajstić information content (AvgIpc) is 2.17. The number of rotatable bonds is 4. The summed E-state index contributed by atoms with van der Waals surface area (Å²) in [6.07, 6.45) is 0.234. The molecule has 0 spiro atoms. The molecule has 14 heavy (non-hydrogen) atoms. The van der Waals surface area contributed by atoms with Crippen LogP contribution < -0.4 is 4.46 Å². The summed E-state index contributed by atoms with van der Waals surface area (Å²) in [5.41, 5.74) is 1.14. The molecule has 0 aliphatic carbocycles. The predicted molar refractivity (Wildman–Crippen MR) is 57.4 cm³/mol. The molecule has 0 amide bonds. The van der Waals surface area contributed by atoms with Crippen LogP contribution in [0, 0.1) is 10.2 Å². The standard InChI is InChI=1S/C11H13NOSe/c1-9(2)13-7-10-5-3-4-6-11(10)14-8-12/h3-6,9H,7H2,1-2H3. The molecule has 0 aliphatic heterocycles. The van der Waals surface area contributed by atoms with Crippen LogP contribution in [0.4, 0.5) is 0 Å². The molecule has 3 heteroatoms. The first-order valence-electron chi connectivity index (χ1n) is 4.49. The molecule has 0 fully saturated rings. The van der Waals surface area contributed by atoms with Crippen LogP contribution in [0.15, 0.2) is 24.3 Å². The number of nitriles is 1. The van der Waals surface area contributed by atoms with E-state index in [1.807, 2.05) is 38.1 Å². The molecule has 2 nitrogen and oxygen atoms in total. The Kier molecular flexibility index (Phi) is 4.69. The van der Waals surface area contributed by atoms with E-state index in [1.54, 1.807) is 0 Å². The third-order valence-corrected chi connectivity index (χ3v) is 3.19. The Morgan fingerprint density at radius 1 is 1.43 bits per heavy atom. The van der Waals surface area contributed by atoms with Crippen LogP contribution in [0.3, 0.4) is 0 Å². The molecular weight excluding hydrogens is 241 g/mol. The molecule has 0 aliphatic rings. The van der Waals surface area contributed by atoms with Gasteiger partial charge in [0.05, 0.1) is 0 Å². The average molecular weight is 254 g/mol. The first kappa shape index (κ1) is 11.3. The van der Waals surface area contributed by atoms with Crippen LogP contribution in [0.2, 0.25) is 0 Å². The van der Waals surface area contributed by atoms with E-state index in [0.29, 0.717) is 6.61 Å². The van der Waals surface area contributed by atoms with Crippen LogP contribution in [0.25, 0.3) is 0 Å². The molecule has 0 radical (unpaired) electrons. The topological polar surface area (TPSA) is 33.0 Å². The van der Waals surface area contributed by atoms with Gasteiger partial charge in [-0.1, -0.05) is 0 Å². The number of hydrogen-bond donors (Lipinski definition) is 0. The zero-order valence-electron chi connectivity index (χ0n) is 8.36. The van der Waals surface area contributed by atoms with Crippen LogP contribution in [-0.4, -0.2) is 21.1 Å². The number of hydrogen-bond acceptors (Lipinski definition) is 2. The second kappa shape index (κ2) is 5.82. The SMILES string of the molecule is CC(C)OCc1ccccc1[Se]C#N. The third kappa shape index (κ3) is 3.51. The normalized spacial score (nSPS) is 10.1. The third-order valence-electron chi connectivity index (χ3n) is 1.70. The van der Waals surface area contributed by atoms with Crippen molar-refractivity contribution in [2.24, 2.45) is 0 Å². The van der Waals surface area contributed by atoms with Crippen LogP contribution in [0.5, 0.6) is 0 Å². The molecule has 0 bridgehead atoms. The van der Waals surface area contributed by atoms with Crippen molar-refractivity contribution in [3.05, 3.63) is 29.8 Å². The second-order valence-electron chi connectivity index (χ2n) is 3.16.